The number of aromatic nitrogens is 2. The van der Waals surface area contributed by atoms with Crippen LogP contribution >= 0.6 is 0 Å². The summed E-state index contributed by atoms with van der Waals surface area (Å²) >= 11 is 0. The van der Waals surface area contributed by atoms with Gasteiger partial charge in [0.2, 0.25) is 0 Å². The fourth-order valence-electron chi connectivity index (χ4n) is 2.08. The van der Waals surface area contributed by atoms with E-state index in [1.165, 1.54) is 5.56 Å². The van der Waals surface area contributed by atoms with Crippen LogP contribution in [0.1, 0.15) is 52.6 Å². The molecule has 2 aromatic rings. The summed E-state index contributed by atoms with van der Waals surface area (Å²) in [5.74, 6) is 0.833. The van der Waals surface area contributed by atoms with Gasteiger partial charge in [-0.25, -0.2) is 4.79 Å². The van der Waals surface area contributed by atoms with Crippen molar-refractivity contribution < 1.29 is 0 Å². The first-order valence-electron chi connectivity index (χ1n) is 7.97. The first-order chi connectivity index (χ1) is 10.3. The van der Waals surface area contributed by atoms with Crippen molar-refractivity contribution in [2.45, 2.75) is 54.0 Å². The fourth-order valence-corrected chi connectivity index (χ4v) is 2.08. The molecule has 3 heteroatoms. The van der Waals surface area contributed by atoms with Gasteiger partial charge in [-0.2, -0.15) is 0 Å². The number of hydrogen-bond acceptors (Lipinski definition) is 1. The van der Waals surface area contributed by atoms with Crippen LogP contribution in [0.4, 0.5) is 0 Å². The predicted octanol–water partition coefficient (Wildman–Crippen LogP) is 5.08. The molecule has 0 aliphatic rings. The molecule has 22 heavy (non-hydrogen) atoms. The monoisotopic (exact) mass is 304 g/mol. The van der Waals surface area contributed by atoms with Gasteiger partial charge in [-0.15, -0.1) is 13.2 Å². The Morgan fingerprint density at radius 1 is 1.09 bits per heavy atom. The van der Waals surface area contributed by atoms with Crippen molar-refractivity contribution in [3.63, 3.8) is 0 Å². The lowest BCUT2D eigenvalue weighted by atomic mass is 10.2. The third kappa shape index (κ3) is 4.90. The minimum absolute atomic E-state index is 0.0787. The van der Waals surface area contributed by atoms with Crippen LogP contribution in [0.5, 0.6) is 0 Å². The Morgan fingerprint density at radius 3 is 2.05 bits per heavy atom. The topological polar surface area (TPSA) is 26.9 Å². The Bertz CT molecular complexity index is 632. The maximum absolute atomic E-state index is 12.1. The molecule has 1 aromatic carbocycles. The van der Waals surface area contributed by atoms with E-state index in [1.54, 1.807) is 4.57 Å². The summed E-state index contributed by atoms with van der Waals surface area (Å²) in [6.45, 7) is 18.7. The van der Waals surface area contributed by atoms with Gasteiger partial charge in [0.05, 0.1) is 11.0 Å². The number of aryl methyl sites for hydroxylation is 2. The molecule has 0 radical (unpaired) electrons. The minimum Gasteiger partial charge on any atom is -0.295 e. The molecular formula is C19H32N2O. The van der Waals surface area contributed by atoms with Crippen LogP contribution in [0.15, 0.2) is 36.2 Å². The standard InChI is InChI=1S/C13H18N2O.C4H10.C2H4/c1-5-10(3)15-11-7-6-9(2)8-12(11)14(4)13(15)16;1-4(2)3;1-2/h6-8,10H,5H2,1-4H3;4H,1-3H3;1-2H2. The molecule has 1 heterocycles. The summed E-state index contributed by atoms with van der Waals surface area (Å²) < 4.78 is 3.61. The lowest BCUT2D eigenvalue weighted by Crippen LogP contribution is -2.24. The summed E-state index contributed by atoms with van der Waals surface area (Å²) in [6.07, 6.45) is 0.965. The van der Waals surface area contributed by atoms with Crippen molar-refractivity contribution in [2.75, 3.05) is 0 Å². The molecule has 0 amide bonds. The van der Waals surface area contributed by atoms with Crippen LogP contribution in [-0.2, 0) is 7.05 Å². The zero-order chi connectivity index (χ0) is 17.4. The molecule has 1 aromatic heterocycles. The number of imidazole rings is 1. The summed E-state index contributed by atoms with van der Waals surface area (Å²) in [6, 6.07) is 6.41. The first-order valence-corrected chi connectivity index (χ1v) is 7.97. The van der Waals surface area contributed by atoms with E-state index in [4.69, 9.17) is 0 Å². The maximum Gasteiger partial charge on any atom is 0.329 e. The van der Waals surface area contributed by atoms with E-state index in [2.05, 4.69) is 59.9 Å². The van der Waals surface area contributed by atoms with Crippen LogP contribution in [0.3, 0.4) is 0 Å². The van der Waals surface area contributed by atoms with E-state index in [-0.39, 0.29) is 11.7 Å². The molecular weight excluding hydrogens is 272 g/mol. The molecule has 0 fully saturated rings. The molecule has 2 rings (SSSR count). The van der Waals surface area contributed by atoms with E-state index in [0.717, 1.165) is 23.4 Å². The van der Waals surface area contributed by atoms with Crippen molar-refractivity contribution in [1.29, 1.82) is 0 Å². The lowest BCUT2D eigenvalue weighted by molar-refractivity contribution is 0.521. The molecule has 1 unspecified atom stereocenters. The largest absolute Gasteiger partial charge is 0.329 e. The van der Waals surface area contributed by atoms with E-state index >= 15 is 0 Å². The molecule has 0 saturated heterocycles. The fraction of sp³-hybridized carbons (Fsp3) is 0.526. The summed E-state index contributed by atoms with van der Waals surface area (Å²) in [4.78, 5) is 12.1. The Morgan fingerprint density at radius 2 is 1.59 bits per heavy atom. The lowest BCUT2D eigenvalue weighted by Gasteiger charge is -2.10. The minimum atomic E-state index is 0.0787. The van der Waals surface area contributed by atoms with Gasteiger partial charge in [0.25, 0.3) is 0 Å². The number of hydrogen-bond donors (Lipinski definition) is 0. The molecule has 0 aliphatic heterocycles. The van der Waals surface area contributed by atoms with Gasteiger partial charge >= 0.3 is 5.69 Å². The highest BCUT2D eigenvalue weighted by Gasteiger charge is 2.14. The highest BCUT2D eigenvalue weighted by molar-refractivity contribution is 5.77. The Labute approximate surface area is 135 Å². The molecule has 0 bridgehead atoms. The Hall–Kier alpha value is -1.77. The summed E-state index contributed by atoms with van der Waals surface area (Å²) in [5.41, 5.74) is 3.32. The average molecular weight is 304 g/mol. The van der Waals surface area contributed by atoms with E-state index < -0.39 is 0 Å². The molecule has 1 atom stereocenters. The first kappa shape index (κ1) is 20.2. The van der Waals surface area contributed by atoms with Crippen LogP contribution in [0, 0.1) is 12.8 Å². The van der Waals surface area contributed by atoms with Crippen molar-refractivity contribution in [1.82, 2.24) is 9.13 Å². The van der Waals surface area contributed by atoms with Crippen LogP contribution in [-0.4, -0.2) is 9.13 Å². The van der Waals surface area contributed by atoms with Gasteiger partial charge < -0.3 is 0 Å². The SMILES string of the molecule is C=C.CC(C)C.CCC(C)n1c(=O)n(C)c2cc(C)ccc21. The second kappa shape index (κ2) is 9.29. The molecule has 0 spiro atoms. The van der Waals surface area contributed by atoms with Crippen molar-refractivity contribution in [2.24, 2.45) is 13.0 Å². The number of fused-ring (bicyclic) bond motifs is 1. The van der Waals surface area contributed by atoms with Gasteiger partial charge in [0.15, 0.2) is 0 Å². The number of nitrogens with zero attached hydrogens (tertiary/aromatic N) is 2. The van der Waals surface area contributed by atoms with Crippen molar-refractivity contribution in [3.05, 3.63) is 47.4 Å². The smallest absolute Gasteiger partial charge is 0.295 e. The van der Waals surface area contributed by atoms with Crippen LogP contribution < -0.4 is 5.69 Å². The zero-order valence-electron chi connectivity index (χ0n) is 15.3. The molecule has 3 nitrogen and oxygen atoms in total. The van der Waals surface area contributed by atoms with E-state index in [1.807, 2.05) is 24.6 Å². The van der Waals surface area contributed by atoms with Gasteiger partial charge in [-0.3, -0.25) is 9.13 Å². The molecule has 0 saturated carbocycles. The van der Waals surface area contributed by atoms with Gasteiger partial charge in [-0.05, 0) is 43.9 Å². The molecule has 124 valence electrons. The number of benzene rings is 1. The second-order valence-corrected chi connectivity index (χ2v) is 6.19. The van der Waals surface area contributed by atoms with E-state index in [9.17, 15) is 4.79 Å². The van der Waals surface area contributed by atoms with Crippen molar-refractivity contribution in [3.8, 4) is 0 Å². The van der Waals surface area contributed by atoms with Gasteiger partial charge in [0, 0.05) is 13.1 Å². The van der Waals surface area contributed by atoms with Gasteiger partial charge in [0.1, 0.15) is 0 Å². The Balaban J connectivity index is 0.000000640. The third-order valence-corrected chi connectivity index (χ3v) is 3.28. The average Bonchev–Trinajstić information content (AvgIpc) is 2.72. The zero-order valence-corrected chi connectivity index (χ0v) is 15.3. The van der Waals surface area contributed by atoms with Crippen LogP contribution in [0.25, 0.3) is 11.0 Å². The maximum atomic E-state index is 12.1. The van der Waals surface area contributed by atoms with Gasteiger partial charge in [-0.1, -0.05) is 33.8 Å². The molecule has 0 N–H and O–H groups in total. The number of rotatable bonds is 2. The van der Waals surface area contributed by atoms with Crippen molar-refractivity contribution >= 4 is 11.0 Å². The second-order valence-electron chi connectivity index (χ2n) is 6.19. The third-order valence-electron chi connectivity index (χ3n) is 3.28. The normalized spacial score (nSPS) is 11.5. The quantitative estimate of drug-likeness (QED) is 0.710. The summed E-state index contributed by atoms with van der Waals surface area (Å²) in [7, 11) is 1.84. The highest BCUT2D eigenvalue weighted by Crippen LogP contribution is 2.19. The van der Waals surface area contributed by atoms with E-state index in [0.29, 0.717) is 0 Å². The molecule has 0 aliphatic carbocycles. The summed E-state index contributed by atoms with van der Waals surface area (Å²) in [5, 5.41) is 0. The Kier molecular flexibility index (Phi) is 8.54. The highest BCUT2D eigenvalue weighted by atomic mass is 16.1. The van der Waals surface area contributed by atoms with Crippen LogP contribution in [0.2, 0.25) is 0 Å². The predicted molar refractivity (Wildman–Crippen MR) is 98.7 cm³/mol.